The highest BCUT2D eigenvalue weighted by molar-refractivity contribution is 14.0. The van der Waals surface area contributed by atoms with Crippen LogP contribution in [0.1, 0.15) is 71.6 Å². The predicted molar refractivity (Wildman–Crippen MR) is 126 cm³/mol. The molecule has 1 aliphatic carbocycles. The second-order valence-corrected chi connectivity index (χ2v) is 7.84. The number of nitrogens with one attached hydrogen (secondary N) is 2. The molecule has 0 unspecified atom stereocenters. The van der Waals surface area contributed by atoms with E-state index in [2.05, 4.69) is 29.4 Å². The summed E-state index contributed by atoms with van der Waals surface area (Å²) in [6.45, 7) is 11.8. The first-order valence-corrected chi connectivity index (χ1v) is 11.2. The van der Waals surface area contributed by atoms with E-state index in [1.807, 2.05) is 0 Å². The molecule has 6 heteroatoms. The van der Waals surface area contributed by atoms with Gasteiger partial charge in [0.2, 0.25) is 0 Å². The quantitative estimate of drug-likeness (QED) is 0.209. The van der Waals surface area contributed by atoms with E-state index in [9.17, 15) is 0 Å². The van der Waals surface area contributed by atoms with Gasteiger partial charge in [-0.1, -0.05) is 26.2 Å². The Morgan fingerprint density at radius 1 is 1.04 bits per heavy atom. The largest absolute Gasteiger partial charge is 0.378 e. The van der Waals surface area contributed by atoms with Crippen molar-refractivity contribution in [1.82, 2.24) is 15.5 Å². The van der Waals surface area contributed by atoms with Gasteiger partial charge in [-0.25, -0.2) is 0 Å². The van der Waals surface area contributed by atoms with Gasteiger partial charge in [-0.2, -0.15) is 0 Å². The van der Waals surface area contributed by atoms with Crippen LogP contribution in [0.3, 0.4) is 0 Å². The maximum absolute atomic E-state index is 5.99. The summed E-state index contributed by atoms with van der Waals surface area (Å²) in [6, 6.07) is 0. The van der Waals surface area contributed by atoms with Crippen molar-refractivity contribution in [2.24, 2.45) is 10.9 Å². The van der Waals surface area contributed by atoms with Crippen LogP contribution < -0.4 is 10.6 Å². The lowest BCUT2D eigenvalue weighted by molar-refractivity contribution is 0.0281. The first kappa shape index (κ1) is 25.0. The van der Waals surface area contributed by atoms with Crippen molar-refractivity contribution in [2.75, 3.05) is 45.9 Å². The molecule has 1 heterocycles. The average molecular weight is 495 g/mol. The fourth-order valence-electron chi connectivity index (χ4n) is 4.06. The van der Waals surface area contributed by atoms with Crippen LogP contribution in [0.4, 0.5) is 0 Å². The lowest BCUT2D eigenvalue weighted by atomic mass is 9.93. The molecule has 0 amide bonds. The van der Waals surface area contributed by atoms with Gasteiger partial charge in [0.05, 0.1) is 6.10 Å². The highest BCUT2D eigenvalue weighted by Crippen LogP contribution is 2.20. The molecular weight excluding hydrogens is 451 g/mol. The molecule has 0 spiro atoms. The lowest BCUT2D eigenvalue weighted by Gasteiger charge is -2.31. The van der Waals surface area contributed by atoms with E-state index in [1.54, 1.807) is 0 Å². The molecule has 0 aromatic carbocycles. The van der Waals surface area contributed by atoms with E-state index in [-0.39, 0.29) is 24.0 Å². The van der Waals surface area contributed by atoms with Gasteiger partial charge >= 0.3 is 0 Å². The fourth-order valence-corrected chi connectivity index (χ4v) is 4.06. The van der Waals surface area contributed by atoms with Gasteiger partial charge in [0.1, 0.15) is 0 Å². The molecule has 2 rings (SSSR count). The molecule has 2 N–H and O–H groups in total. The van der Waals surface area contributed by atoms with E-state index in [1.165, 1.54) is 71.0 Å². The van der Waals surface area contributed by atoms with E-state index in [0.717, 1.165) is 44.5 Å². The number of likely N-dealkylation sites (tertiary alicyclic amines) is 1. The van der Waals surface area contributed by atoms with Gasteiger partial charge in [-0.15, -0.1) is 24.0 Å². The Morgan fingerprint density at radius 2 is 1.78 bits per heavy atom. The molecule has 160 valence electrons. The van der Waals surface area contributed by atoms with Crippen molar-refractivity contribution in [1.29, 1.82) is 0 Å². The first-order chi connectivity index (χ1) is 12.8. The molecule has 27 heavy (non-hydrogen) atoms. The first-order valence-electron chi connectivity index (χ1n) is 11.2. The number of nitrogens with zero attached hydrogens (tertiary/aromatic N) is 2. The second kappa shape index (κ2) is 15.8. The summed E-state index contributed by atoms with van der Waals surface area (Å²) in [5.41, 5.74) is 0. The molecule has 1 aliphatic heterocycles. The summed E-state index contributed by atoms with van der Waals surface area (Å²) in [6.07, 6.45) is 12.1. The standard InChI is InChI=1S/C21H42N4O.HI/c1-3-22-21(23-14-8-18-26-20-9-6-5-7-10-20)24-15-11-19-12-16-25(4-2)17-13-19;/h19-20H,3-18H2,1-2H3,(H2,22,23,24);1H. The maximum atomic E-state index is 5.99. The van der Waals surface area contributed by atoms with Gasteiger partial charge in [-0.3, -0.25) is 4.99 Å². The van der Waals surface area contributed by atoms with Crippen LogP contribution in [0.15, 0.2) is 4.99 Å². The average Bonchev–Trinajstić information content (AvgIpc) is 2.69. The lowest BCUT2D eigenvalue weighted by Crippen LogP contribution is -2.39. The number of hydrogen-bond acceptors (Lipinski definition) is 3. The summed E-state index contributed by atoms with van der Waals surface area (Å²) in [5, 5.41) is 6.88. The van der Waals surface area contributed by atoms with Gasteiger partial charge < -0.3 is 20.3 Å². The smallest absolute Gasteiger partial charge is 0.191 e. The van der Waals surface area contributed by atoms with Crippen LogP contribution in [-0.2, 0) is 4.74 Å². The van der Waals surface area contributed by atoms with Crippen LogP contribution in [0.5, 0.6) is 0 Å². The Kier molecular flexibility index (Phi) is 14.6. The van der Waals surface area contributed by atoms with Crippen molar-refractivity contribution in [3.63, 3.8) is 0 Å². The number of aliphatic imine (C=N–C) groups is 1. The van der Waals surface area contributed by atoms with E-state index >= 15 is 0 Å². The summed E-state index contributed by atoms with van der Waals surface area (Å²) in [5.74, 6) is 1.84. The second-order valence-electron chi connectivity index (χ2n) is 7.84. The Balaban J connectivity index is 0.00000364. The number of hydrogen-bond donors (Lipinski definition) is 2. The van der Waals surface area contributed by atoms with Crippen molar-refractivity contribution < 1.29 is 4.74 Å². The third-order valence-corrected chi connectivity index (χ3v) is 5.82. The number of guanidine groups is 1. The summed E-state index contributed by atoms with van der Waals surface area (Å²) >= 11 is 0. The molecule has 2 aliphatic rings. The number of halogens is 1. The molecule has 0 aromatic heterocycles. The van der Waals surface area contributed by atoms with Crippen molar-refractivity contribution in [3.8, 4) is 0 Å². The Hall–Kier alpha value is -0.0800. The third kappa shape index (κ3) is 10.9. The third-order valence-electron chi connectivity index (χ3n) is 5.82. The molecule has 5 nitrogen and oxygen atoms in total. The van der Waals surface area contributed by atoms with Crippen molar-refractivity contribution in [3.05, 3.63) is 0 Å². The molecule has 1 saturated carbocycles. The summed E-state index contributed by atoms with van der Waals surface area (Å²) < 4.78 is 5.99. The normalized spacial score (nSPS) is 20.3. The highest BCUT2D eigenvalue weighted by atomic mass is 127. The van der Waals surface area contributed by atoms with Crippen molar-refractivity contribution in [2.45, 2.75) is 77.7 Å². The van der Waals surface area contributed by atoms with Crippen LogP contribution in [-0.4, -0.2) is 62.8 Å². The molecule has 1 saturated heterocycles. The zero-order valence-corrected chi connectivity index (χ0v) is 20.0. The van der Waals surface area contributed by atoms with Crippen molar-refractivity contribution >= 4 is 29.9 Å². The zero-order chi connectivity index (χ0) is 18.5. The molecule has 0 aromatic rings. The Bertz CT molecular complexity index is 380. The van der Waals surface area contributed by atoms with E-state index in [0.29, 0.717) is 6.10 Å². The van der Waals surface area contributed by atoms with Gasteiger partial charge in [0.25, 0.3) is 0 Å². The minimum absolute atomic E-state index is 0. The van der Waals surface area contributed by atoms with Crippen LogP contribution in [0.25, 0.3) is 0 Å². The Labute approximate surface area is 184 Å². The van der Waals surface area contributed by atoms with Gasteiger partial charge in [0, 0.05) is 26.2 Å². The topological polar surface area (TPSA) is 48.9 Å². The summed E-state index contributed by atoms with van der Waals surface area (Å²) in [7, 11) is 0. The molecule has 0 radical (unpaired) electrons. The SMILES string of the molecule is CCNC(=NCCCOC1CCCCC1)NCCC1CCN(CC)CC1.I. The minimum atomic E-state index is 0. The molecule has 2 fully saturated rings. The summed E-state index contributed by atoms with van der Waals surface area (Å²) in [4.78, 5) is 7.27. The molecule has 0 atom stereocenters. The molecule has 0 bridgehead atoms. The number of ether oxygens (including phenoxy) is 1. The number of piperidine rings is 1. The minimum Gasteiger partial charge on any atom is -0.378 e. The van der Waals surface area contributed by atoms with Crippen LogP contribution in [0.2, 0.25) is 0 Å². The van der Waals surface area contributed by atoms with Gasteiger partial charge in [0.15, 0.2) is 5.96 Å². The van der Waals surface area contributed by atoms with Gasteiger partial charge in [-0.05, 0) is 71.0 Å². The molecular formula is C21H43IN4O. The fraction of sp³-hybridized carbons (Fsp3) is 0.952. The van der Waals surface area contributed by atoms with E-state index < -0.39 is 0 Å². The number of rotatable bonds is 10. The van der Waals surface area contributed by atoms with Crippen LogP contribution >= 0.6 is 24.0 Å². The highest BCUT2D eigenvalue weighted by Gasteiger charge is 2.17. The zero-order valence-electron chi connectivity index (χ0n) is 17.7. The monoisotopic (exact) mass is 494 g/mol. The Morgan fingerprint density at radius 3 is 2.44 bits per heavy atom. The predicted octanol–water partition coefficient (Wildman–Crippen LogP) is 4.02. The maximum Gasteiger partial charge on any atom is 0.191 e. The van der Waals surface area contributed by atoms with E-state index in [4.69, 9.17) is 9.73 Å². The van der Waals surface area contributed by atoms with Crippen LogP contribution in [0, 0.1) is 5.92 Å².